The standard InChI is InChI=1S/C20H15ClN2O2S2/c1-13(10-14-6-3-2-4-7-14)11-17-19(25)23(20(26)27-17)22-18(24)15-8-5-9-16(21)12-15/h2-12H,1H3,(H,22,24)/b13-10+,17-11+. The molecule has 0 aliphatic carbocycles. The lowest BCUT2D eigenvalue weighted by molar-refractivity contribution is -0.123. The fraction of sp³-hybridized carbons (Fsp3) is 0.0500. The Morgan fingerprint density at radius 3 is 2.63 bits per heavy atom. The van der Waals surface area contributed by atoms with E-state index in [1.165, 1.54) is 6.07 Å². The number of allylic oxidation sites excluding steroid dienone is 2. The van der Waals surface area contributed by atoms with E-state index in [0.29, 0.717) is 15.5 Å². The van der Waals surface area contributed by atoms with Crippen molar-refractivity contribution in [1.82, 2.24) is 10.4 Å². The van der Waals surface area contributed by atoms with Crippen LogP contribution >= 0.6 is 35.6 Å². The van der Waals surface area contributed by atoms with Crippen LogP contribution in [0.1, 0.15) is 22.8 Å². The highest BCUT2D eigenvalue weighted by Gasteiger charge is 2.33. The number of nitrogens with one attached hydrogen (secondary N) is 1. The number of thioether (sulfide) groups is 1. The molecule has 1 aliphatic heterocycles. The molecule has 0 bridgehead atoms. The van der Waals surface area contributed by atoms with Crippen LogP contribution in [0.25, 0.3) is 6.08 Å². The van der Waals surface area contributed by atoms with Gasteiger partial charge in [-0.05, 0) is 54.6 Å². The van der Waals surface area contributed by atoms with Gasteiger partial charge in [-0.1, -0.05) is 65.8 Å². The summed E-state index contributed by atoms with van der Waals surface area (Å²) in [6.45, 7) is 1.91. The monoisotopic (exact) mass is 414 g/mol. The predicted octanol–water partition coefficient (Wildman–Crippen LogP) is 4.83. The first-order valence-corrected chi connectivity index (χ1v) is 9.62. The number of hydrogen-bond acceptors (Lipinski definition) is 4. The lowest BCUT2D eigenvalue weighted by Crippen LogP contribution is -2.44. The van der Waals surface area contributed by atoms with E-state index in [0.717, 1.165) is 27.9 Å². The van der Waals surface area contributed by atoms with Gasteiger partial charge in [0.15, 0.2) is 4.32 Å². The Morgan fingerprint density at radius 1 is 1.19 bits per heavy atom. The maximum absolute atomic E-state index is 12.6. The number of nitrogens with zero attached hydrogens (tertiary/aromatic N) is 1. The average molecular weight is 415 g/mol. The highest BCUT2D eigenvalue weighted by molar-refractivity contribution is 8.26. The third-order valence-electron chi connectivity index (χ3n) is 3.65. The first-order chi connectivity index (χ1) is 12.9. The van der Waals surface area contributed by atoms with Crippen molar-refractivity contribution in [3.05, 3.63) is 87.3 Å². The first kappa shape index (κ1) is 19.4. The van der Waals surface area contributed by atoms with Crippen LogP contribution < -0.4 is 5.43 Å². The molecule has 0 unspecified atom stereocenters. The molecule has 1 saturated heterocycles. The number of hydrazine groups is 1. The third-order valence-corrected chi connectivity index (χ3v) is 5.18. The molecule has 1 aliphatic rings. The normalized spacial score (nSPS) is 16.1. The summed E-state index contributed by atoms with van der Waals surface area (Å²) in [4.78, 5) is 25.4. The summed E-state index contributed by atoms with van der Waals surface area (Å²) in [5, 5.41) is 1.53. The summed E-state index contributed by atoms with van der Waals surface area (Å²) in [5.41, 5.74) is 4.83. The molecule has 0 atom stereocenters. The zero-order valence-electron chi connectivity index (χ0n) is 14.3. The lowest BCUT2D eigenvalue weighted by atomic mass is 10.1. The van der Waals surface area contributed by atoms with E-state index in [9.17, 15) is 9.59 Å². The molecule has 7 heteroatoms. The highest BCUT2D eigenvalue weighted by Crippen LogP contribution is 2.31. The van der Waals surface area contributed by atoms with Crippen LogP contribution in [0.15, 0.2) is 71.2 Å². The Kier molecular flexibility index (Phi) is 6.11. The van der Waals surface area contributed by atoms with Gasteiger partial charge in [-0.3, -0.25) is 15.0 Å². The first-order valence-electron chi connectivity index (χ1n) is 8.02. The van der Waals surface area contributed by atoms with Crippen LogP contribution in [0.2, 0.25) is 5.02 Å². The molecule has 0 spiro atoms. The van der Waals surface area contributed by atoms with Crippen molar-refractivity contribution >= 4 is 57.8 Å². The summed E-state index contributed by atoms with van der Waals surface area (Å²) in [5.74, 6) is -0.812. The second kappa shape index (κ2) is 8.52. The lowest BCUT2D eigenvalue weighted by Gasteiger charge is -2.15. The second-order valence-corrected chi connectivity index (χ2v) is 7.88. The number of hydrogen-bond donors (Lipinski definition) is 1. The van der Waals surface area contributed by atoms with Gasteiger partial charge in [-0.25, -0.2) is 0 Å². The zero-order chi connectivity index (χ0) is 19.4. The summed E-state index contributed by atoms with van der Waals surface area (Å²) in [7, 11) is 0. The number of thiocarbonyl (C=S) groups is 1. The van der Waals surface area contributed by atoms with Gasteiger partial charge in [0.25, 0.3) is 11.8 Å². The van der Waals surface area contributed by atoms with Gasteiger partial charge in [0.05, 0.1) is 4.91 Å². The minimum Gasteiger partial charge on any atom is -0.267 e. The van der Waals surface area contributed by atoms with Crippen LogP contribution in [-0.4, -0.2) is 21.1 Å². The van der Waals surface area contributed by atoms with Crippen molar-refractivity contribution in [3.63, 3.8) is 0 Å². The highest BCUT2D eigenvalue weighted by atomic mass is 35.5. The predicted molar refractivity (Wildman–Crippen MR) is 114 cm³/mol. The summed E-state index contributed by atoms with van der Waals surface area (Å²) < 4.78 is 0.272. The van der Waals surface area contributed by atoms with Crippen molar-refractivity contribution in [1.29, 1.82) is 0 Å². The molecule has 2 aromatic carbocycles. The largest absolute Gasteiger partial charge is 0.285 e. The van der Waals surface area contributed by atoms with Crippen LogP contribution in [-0.2, 0) is 4.79 Å². The number of halogens is 1. The summed E-state index contributed by atoms with van der Waals surface area (Å²) in [6.07, 6.45) is 3.73. The number of carbonyl (C=O) groups excluding carboxylic acids is 2. The Hall–Kier alpha value is -2.41. The minimum absolute atomic E-state index is 0.272. The Balaban J connectivity index is 1.75. The smallest absolute Gasteiger partial charge is 0.267 e. The van der Waals surface area contributed by atoms with Crippen LogP contribution in [0.5, 0.6) is 0 Å². The average Bonchev–Trinajstić information content (AvgIpc) is 2.89. The maximum Gasteiger partial charge on any atom is 0.285 e. The molecule has 2 aromatic rings. The molecule has 1 N–H and O–H groups in total. The molecule has 27 heavy (non-hydrogen) atoms. The summed E-state index contributed by atoms with van der Waals surface area (Å²) in [6, 6.07) is 16.3. The number of benzene rings is 2. The number of carbonyl (C=O) groups is 2. The van der Waals surface area contributed by atoms with Crippen molar-refractivity contribution in [2.45, 2.75) is 6.92 Å². The van der Waals surface area contributed by atoms with Crippen LogP contribution in [0, 0.1) is 0 Å². The molecular weight excluding hydrogens is 400 g/mol. The van der Waals surface area contributed by atoms with Crippen molar-refractivity contribution in [2.75, 3.05) is 0 Å². The molecule has 0 aromatic heterocycles. The van der Waals surface area contributed by atoms with E-state index >= 15 is 0 Å². The molecule has 3 rings (SSSR count). The van der Waals surface area contributed by atoms with Gasteiger partial charge in [0.2, 0.25) is 0 Å². The Labute approximate surface area is 171 Å². The molecular formula is C20H15ClN2O2S2. The minimum atomic E-state index is -0.452. The van der Waals surface area contributed by atoms with Gasteiger partial charge in [0.1, 0.15) is 0 Å². The maximum atomic E-state index is 12.6. The molecule has 0 radical (unpaired) electrons. The molecule has 0 saturated carbocycles. The second-order valence-electron chi connectivity index (χ2n) is 5.77. The fourth-order valence-corrected chi connectivity index (χ4v) is 3.84. The Morgan fingerprint density at radius 2 is 1.93 bits per heavy atom. The van der Waals surface area contributed by atoms with E-state index in [2.05, 4.69) is 5.43 Å². The van der Waals surface area contributed by atoms with E-state index in [1.54, 1.807) is 24.3 Å². The molecule has 4 nitrogen and oxygen atoms in total. The summed E-state index contributed by atoms with van der Waals surface area (Å²) >= 11 is 12.3. The van der Waals surface area contributed by atoms with Gasteiger partial charge >= 0.3 is 0 Å². The number of rotatable bonds is 4. The molecule has 1 fully saturated rings. The SMILES string of the molecule is CC(=C\c1ccccc1)/C=C1/SC(=S)N(NC(=O)c2cccc(Cl)c2)C1=O. The van der Waals surface area contributed by atoms with Crippen LogP contribution in [0.4, 0.5) is 0 Å². The van der Waals surface area contributed by atoms with Crippen molar-refractivity contribution < 1.29 is 9.59 Å². The van der Waals surface area contributed by atoms with E-state index in [1.807, 2.05) is 43.3 Å². The topological polar surface area (TPSA) is 49.4 Å². The van der Waals surface area contributed by atoms with Gasteiger partial charge < -0.3 is 0 Å². The molecule has 1 heterocycles. The van der Waals surface area contributed by atoms with Crippen LogP contribution in [0.3, 0.4) is 0 Å². The zero-order valence-corrected chi connectivity index (χ0v) is 16.7. The van der Waals surface area contributed by atoms with Crippen molar-refractivity contribution in [3.8, 4) is 0 Å². The number of amides is 2. The Bertz CT molecular complexity index is 971. The van der Waals surface area contributed by atoms with Gasteiger partial charge in [-0.15, -0.1) is 0 Å². The third kappa shape index (κ3) is 4.86. The van der Waals surface area contributed by atoms with Gasteiger partial charge in [0, 0.05) is 10.6 Å². The molecule has 136 valence electrons. The fourth-order valence-electron chi connectivity index (χ4n) is 2.42. The van der Waals surface area contributed by atoms with E-state index in [-0.39, 0.29) is 10.2 Å². The van der Waals surface area contributed by atoms with Gasteiger partial charge in [-0.2, -0.15) is 5.01 Å². The van der Waals surface area contributed by atoms with E-state index < -0.39 is 5.91 Å². The van der Waals surface area contributed by atoms with E-state index in [4.69, 9.17) is 23.8 Å². The van der Waals surface area contributed by atoms with Crippen molar-refractivity contribution in [2.24, 2.45) is 0 Å². The molecule has 2 amide bonds. The quantitative estimate of drug-likeness (QED) is 0.575.